The van der Waals surface area contributed by atoms with E-state index in [0.717, 1.165) is 29.1 Å². The van der Waals surface area contributed by atoms with Crippen LogP contribution in [0.15, 0.2) is 65.4 Å². The molecule has 0 aliphatic carbocycles. The second-order valence-corrected chi connectivity index (χ2v) is 7.34. The molecular formula is C23H23N5O2. The number of benzene rings is 2. The summed E-state index contributed by atoms with van der Waals surface area (Å²) in [5.74, 6) is 1.78. The van der Waals surface area contributed by atoms with Crippen LogP contribution in [0.25, 0.3) is 11.4 Å². The highest BCUT2D eigenvalue weighted by atomic mass is 16.5. The van der Waals surface area contributed by atoms with Crippen molar-refractivity contribution >= 4 is 5.91 Å². The Bertz CT molecular complexity index is 1160. The Labute approximate surface area is 175 Å². The van der Waals surface area contributed by atoms with Crippen LogP contribution in [0.2, 0.25) is 0 Å². The third-order valence-corrected chi connectivity index (χ3v) is 4.94. The van der Waals surface area contributed by atoms with Crippen LogP contribution < -0.4 is 0 Å². The van der Waals surface area contributed by atoms with E-state index in [1.54, 1.807) is 18.1 Å². The van der Waals surface area contributed by atoms with Crippen molar-refractivity contribution in [2.75, 3.05) is 7.05 Å². The number of aromatic nitrogens is 4. The van der Waals surface area contributed by atoms with Crippen molar-refractivity contribution < 1.29 is 9.32 Å². The molecule has 0 N–H and O–H groups in total. The van der Waals surface area contributed by atoms with Crippen LogP contribution in [0.1, 0.15) is 33.2 Å². The third-order valence-electron chi connectivity index (χ3n) is 4.94. The molecular weight excluding hydrogens is 378 g/mol. The van der Waals surface area contributed by atoms with Crippen molar-refractivity contribution in [1.29, 1.82) is 0 Å². The van der Waals surface area contributed by atoms with Crippen LogP contribution in [0.4, 0.5) is 0 Å². The topological polar surface area (TPSA) is 77.0 Å². The van der Waals surface area contributed by atoms with E-state index in [9.17, 15) is 4.79 Å². The van der Waals surface area contributed by atoms with Gasteiger partial charge in [0.15, 0.2) is 0 Å². The molecule has 4 aromatic rings. The van der Waals surface area contributed by atoms with Gasteiger partial charge in [0.05, 0.1) is 6.54 Å². The average molecular weight is 401 g/mol. The predicted octanol–water partition coefficient (Wildman–Crippen LogP) is 3.87. The van der Waals surface area contributed by atoms with Crippen molar-refractivity contribution in [2.24, 2.45) is 0 Å². The minimum absolute atomic E-state index is 0.101. The van der Waals surface area contributed by atoms with Gasteiger partial charge in [-0.2, -0.15) is 4.98 Å². The number of rotatable bonds is 6. The smallest absolute Gasteiger partial charge is 0.254 e. The maximum absolute atomic E-state index is 12.8. The van der Waals surface area contributed by atoms with E-state index in [1.807, 2.05) is 68.6 Å². The zero-order valence-electron chi connectivity index (χ0n) is 17.2. The maximum Gasteiger partial charge on any atom is 0.254 e. The van der Waals surface area contributed by atoms with E-state index in [-0.39, 0.29) is 12.5 Å². The molecule has 0 fully saturated rings. The molecule has 0 radical (unpaired) electrons. The van der Waals surface area contributed by atoms with Gasteiger partial charge in [0.25, 0.3) is 5.91 Å². The Morgan fingerprint density at radius 3 is 2.63 bits per heavy atom. The molecule has 2 aromatic carbocycles. The number of imidazole rings is 1. The molecule has 0 unspecified atom stereocenters. The van der Waals surface area contributed by atoms with Crippen LogP contribution in [0, 0.1) is 13.8 Å². The minimum Gasteiger partial charge on any atom is -0.337 e. The van der Waals surface area contributed by atoms with Crippen LogP contribution in [-0.2, 0) is 13.1 Å². The van der Waals surface area contributed by atoms with Crippen molar-refractivity contribution in [3.8, 4) is 11.4 Å². The Kier molecular flexibility index (Phi) is 5.43. The number of amides is 1. The summed E-state index contributed by atoms with van der Waals surface area (Å²) in [6.45, 7) is 4.95. The number of carbonyl (C=O) groups is 1. The standard InChI is InChI=1S/C23H23N5O2/c1-16-5-4-6-20(13-16)22-25-21(30-26-22)15-27(3)23(29)19-9-7-18(8-10-19)14-28-12-11-24-17(28)2/h4-13H,14-15H2,1-3H3. The van der Waals surface area contributed by atoms with E-state index in [0.29, 0.717) is 17.3 Å². The second-order valence-electron chi connectivity index (χ2n) is 7.34. The largest absolute Gasteiger partial charge is 0.337 e. The van der Waals surface area contributed by atoms with Gasteiger partial charge in [-0.15, -0.1) is 0 Å². The predicted molar refractivity (Wildman–Crippen MR) is 113 cm³/mol. The van der Waals surface area contributed by atoms with E-state index >= 15 is 0 Å². The lowest BCUT2D eigenvalue weighted by Crippen LogP contribution is -2.26. The molecule has 4 rings (SSSR count). The van der Waals surface area contributed by atoms with Gasteiger partial charge in [0.1, 0.15) is 5.82 Å². The highest BCUT2D eigenvalue weighted by molar-refractivity contribution is 5.94. The lowest BCUT2D eigenvalue weighted by molar-refractivity contribution is 0.0769. The molecule has 0 bridgehead atoms. The van der Waals surface area contributed by atoms with Crippen molar-refractivity contribution in [2.45, 2.75) is 26.9 Å². The highest BCUT2D eigenvalue weighted by Gasteiger charge is 2.16. The zero-order valence-corrected chi connectivity index (χ0v) is 17.2. The lowest BCUT2D eigenvalue weighted by atomic mass is 10.1. The van der Waals surface area contributed by atoms with Crippen LogP contribution in [0.3, 0.4) is 0 Å². The van der Waals surface area contributed by atoms with Crippen molar-refractivity contribution in [3.63, 3.8) is 0 Å². The molecule has 30 heavy (non-hydrogen) atoms. The molecule has 2 aromatic heterocycles. The van der Waals surface area contributed by atoms with Crippen LogP contribution in [-0.4, -0.2) is 37.5 Å². The van der Waals surface area contributed by atoms with E-state index in [2.05, 4.69) is 19.7 Å². The number of nitrogens with zero attached hydrogens (tertiary/aromatic N) is 5. The SMILES string of the molecule is Cc1cccc(-c2noc(CN(C)C(=O)c3ccc(Cn4ccnc4C)cc3)n2)c1. The van der Waals surface area contributed by atoms with E-state index in [1.165, 1.54) is 0 Å². The fourth-order valence-electron chi connectivity index (χ4n) is 3.24. The molecule has 7 nitrogen and oxygen atoms in total. The molecule has 2 heterocycles. The number of carbonyl (C=O) groups excluding carboxylic acids is 1. The summed E-state index contributed by atoms with van der Waals surface area (Å²) < 4.78 is 7.40. The van der Waals surface area contributed by atoms with Gasteiger partial charge >= 0.3 is 0 Å². The number of aryl methyl sites for hydroxylation is 2. The molecule has 0 saturated heterocycles. The molecule has 0 saturated carbocycles. The van der Waals surface area contributed by atoms with E-state index in [4.69, 9.17) is 4.52 Å². The highest BCUT2D eigenvalue weighted by Crippen LogP contribution is 2.18. The summed E-state index contributed by atoms with van der Waals surface area (Å²) in [6, 6.07) is 15.5. The summed E-state index contributed by atoms with van der Waals surface area (Å²) in [6.07, 6.45) is 3.72. The van der Waals surface area contributed by atoms with Gasteiger partial charge in [-0.05, 0) is 37.6 Å². The molecule has 7 heteroatoms. The first kappa shape index (κ1) is 19.6. The first-order chi connectivity index (χ1) is 14.5. The van der Waals surface area contributed by atoms with Gasteiger partial charge in [0, 0.05) is 37.1 Å². The number of hydrogen-bond acceptors (Lipinski definition) is 5. The summed E-state index contributed by atoms with van der Waals surface area (Å²) in [7, 11) is 1.72. The number of hydrogen-bond donors (Lipinski definition) is 0. The monoisotopic (exact) mass is 401 g/mol. The van der Waals surface area contributed by atoms with E-state index < -0.39 is 0 Å². The average Bonchev–Trinajstić information content (AvgIpc) is 3.37. The molecule has 0 atom stereocenters. The van der Waals surface area contributed by atoms with Crippen molar-refractivity contribution in [1.82, 2.24) is 24.6 Å². The molecule has 152 valence electrons. The fraction of sp³-hybridized carbons (Fsp3) is 0.217. The molecule has 0 aliphatic rings. The van der Waals surface area contributed by atoms with Crippen molar-refractivity contribution in [3.05, 3.63) is 89.3 Å². The van der Waals surface area contributed by atoms with Gasteiger partial charge in [-0.3, -0.25) is 4.79 Å². The quantitative estimate of drug-likeness (QED) is 0.490. The van der Waals surface area contributed by atoms with Gasteiger partial charge in [-0.25, -0.2) is 4.98 Å². The van der Waals surface area contributed by atoms with Crippen LogP contribution >= 0.6 is 0 Å². The molecule has 0 aliphatic heterocycles. The Morgan fingerprint density at radius 1 is 1.13 bits per heavy atom. The third kappa shape index (κ3) is 4.30. The maximum atomic E-state index is 12.8. The Balaban J connectivity index is 1.41. The Hall–Kier alpha value is -3.74. The second kappa shape index (κ2) is 8.32. The summed E-state index contributed by atoms with van der Waals surface area (Å²) in [5.41, 5.74) is 3.73. The first-order valence-corrected chi connectivity index (χ1v) is 9.71. The first-order valence-electron chi connectivity index (χ1n) is 9.71. The Morgan fingerprint density at radius 2 is 1.93 bits per heavy atom. The zero-order chi connectivity index (χ0) is 21.1. The van der Waals surface area contributed by atoms with Crippen LogP contribution in [0.5, 0.6) is 0 Å². The van der Waals surface area contributed by atoms with Gasteiger partial charge < -0.3 is 14.0 Å². The summed E-state index contributed by atoms with van der Waals surface area (Å²) in [4.78, 5) is 23.0. The summed E-state index contributed by atoms with van der Waals surface area (Å²) in [5, 5.41) is 4.04. The lowest BCUT2D eigenvalue weighted by Gasteiger charge is -2.15. The summed E-state index contributed by atoms with van der Waals surface area (Å²) >= 11 is 0. The van der Waals surface area contributed by atoms with Gasteiger partial charge in [-0.1, -0.05) is 41.1 Å². The fourth-order valence-corrected chi connectivity index (χ4v) is 3.24. The minimum atomic E-state index is -0.101. The molecule has 0 spiro atoms. The normalized spacial score (nSPS) is 10.9. The molecule has 1 amide bonds. The van der Waals surface area contributed by atoms with Gasteiger partial charge in [0.2, 0.25) is 11.7 Å².